The first-order chi connectivity index (χ1) is 8.81. The molecule has 0 aliphatic heterocycles. The molecule has 3 rings (SSSR count). The molecule has 0 aliphatic carbocycles. The number of aromatic amines is 1. The Morgan fingerprint density at radius 2 is 2.00 bits per heavy atom. The molecule has 0 bridgehead atoms. The Morgan fingerprint density at radius 1 is 1.17 bits per heavy atom. The number of hydrogen-bond acceptors (Lipinski definition) is 4. The molecule has 0 aliphatic rings. The Balaban J connectivity index is 1.83. The summed E-state index contributed by atoms with van der Waals surface area (Å²) < 4.78 is 5.21. The van der Waals surface area contributed by atoms with Crippen LogP contribution in [0.4, 0.5) is 0 Å². The molecule has 5 heteroatoms. The average Bonchev–Trinajstić information content (AvgIpc) is 3.02. The topological polar surface area (TPSA) is 67.6 Å². The minimum absolute atomic E-state index is 0.568. The lowest BCUT2D eigenvalue weighted by Gasteiger charge is -1.94. The van der Waals surface area contributed by atoms with Gasteiger partial charge >= 0.3 is 0 Å². The van der Waals surface area contributed by atoms with Crippen LogP contribution in [-0.4, -0.2) is 20.3 Å². The highest BCUT2D eigenvalue weighted by atomic mass is 16.5. The lowest BCUT2D eigenvalue weighted by Crippen LogP contribution is -1.89. The first-order valence-corrected chi connectivity index (χ1v) is 5.69. The van der Waals surface area contributed by atoms with Gasteiger partial charge in [0.2, 0.25) is 11.7 Å². The van der Waals surface area contributed by atoms with Crippen molar-refractivity contribution in [3.05, 3.63) is 53.7 Å². The van der Waals surface area contributed by atoms with Gasteiger partial charge < -0.3 is 4.52 Å². The van der Waals surface area contributed by atoms with Gasteiger partial charge in [0.05, 0.1) is 6.42 Å². The maximum Gasteiger partial charge on any atom is 0.232 e. The number of aryl methyl sites for hydroxylation is 1. The van der Waals surface area contributed by atoms with Crippen LogP contribution >= 0.6 is 0 Å². The van der Waals surface area contributed by atoms with Crippen molar-refractivity contribution in [2.24, 2.45) is 0 Å². The van der Waals surface area contributed by atoms with Crippen molar-refractivity contribution in [1.82, 2.24) is 20.3 Å². The highest BCUT2D eigenvalue weighted by Gasteiger charge is 2.09. The Labute approximate surface area is 104 Å². The minimum Gasteiger partial charge on any atom is -0.339 e. The monoisotopic (exact) mass is 240 g/mol. The van der Waals surface area contributed by atoms with Crippen molar-refractivity contribution >= 4 is 0 Å². The van der Waals surface area contributed by atoms with Crippen molar-refractivity contribution in [2.75, 3.05) is 0 Å². The van der Waals surface area contributed by atoms with Gasteiger partial charge in [0, 0.05) is 17.5 Å². The molecular weight excluding hydrogens is 228 g/mol. The molecular formula is C13H12N4O. The summed E-state index contributed by atoms with van der Waals surface area (Å²) in [4.78, 5) is 4.36. The molecule has 90 valence electrons. The zero-order valence-corrected chi connectivity index (χ0v) is 9.92. The van der Waals surface area contributed by atoms with Gasteiger partial charge in [-0.2, -0.15) is 10.1 Å². The molecule has 0 radical (unpaired) electrons. The van der Waals surface area contributed by atoms with E-state index >= 15 is 0 Å². The van der Waals surface area contributed by atoms with Crippen molar-refractivity contribution in [3.63, 3.8) is 0 Å². The van der Waals surface area contributed by atoms with Crippen LogP contribution in [0.25, 0.3) is 11.4 Å². The summed E-state index contributed by atoms with van der Waals surface area (Å²) in [6, 6.07) is 9.91. The smallest absolute Gasteiger partial charge is 0.232 e. The van der Waals surface area contributed by atoms with Crippen LogP contribution in [0.3, 0.4) is 0 Å². The zero-order chi connectivity index (χ0) is 12.4. The highest BCUT2D eigenvalue weighted by Crippen LogP contribution is 2.17. The van der Waals surface area contributed by atoms with Crippen LogP contribution < -0.4 is 0 Å². The third kappa shape index (κ3) is 2.15. The second kappa shape index (κ2) is 4.44. The largest absolute Gasteiger partial charge is 0.339 e. The molecule has 0 unspecified atom stereocenters. The maximum absolute atomic E-state index is 5.21. The molecule has 0 fully saturated rings. The Morgan fingerprint density at radius 3 is 2.72 bits per heavy atom. The minimum atomic E-state index is 0.568. The van der Waals surface area contributed by atoms with Gasteiger partial charge in [-0.1, -0.05) is 35.0 Å². The molecule has 5 nitrogen and oxygen atoms in total. The fourth-order valence-corrected chi connectivity index (χ4v) is 1.69. The molecule has 3 aromatic rings. The highest BCUT2D eigenvalue weighted by molar-refractivity contribution is 5.54. The van der Waals surface area contributed by atoms with E-state index in [1.165, 1.54) is 5.56 Å². The number of H-pyrrole nitrogens is 1. The summed E-state index contributed by atoms with van der Waals surface area (Å²) in [5, 5.41) is 10.7. The van der Waals surface area contributed by atoms with E-state index in [0.29, 0.717) is 18.1 Å². The zero-order valence-electron chi connectivity index (χ0n) is 9.92. The molecule has 18 heavy (non-hydrogen) atoms. The van der Waals surface area contributed by atoms with E-state index in [0.717, 1.165) is 11.3 Å². The second-order valence-corrected chi connectivity index (χ2v) is 4.14. The van der Waals surface area contributed by atoms with Gasteiger partial charge in [-0.15, -0.1) is 0 Å². The fraction of sp³-hybridized carbons (Fsp3) is 0.154. The molecule has 2 aromatic heterocycles. The van der Waals surface area contributed by atoms with E-state index in [2.05, 4.69) is 20.3 Å². The van der Waals surface area contributed by atoms with Crippen LogP contribution in [0.2, 0.25) is 0 Å². The summed E-state index contributed by atoms with van der Waals surface area (Å²) in [6.07, 6.45) is 2.27. The van der Waals surface area contributed by atoms with E-state index < -0.39 is 0 Å². The van der Waals surface area contributed by atoms with Crippen LogP contribution in [0, 0.1) is 6.92 Å². The molecule has 1 N–H and O–H groups in total. The summed E-state index contributed by atoms with van der Waals surface area (Å²) >= 11 is 0. The third-order valence-electron chi connectivity index (χ3n) is 2.68. The standard InChI is InChI=1S/C13H12N4O/c1-9-2-4-10(5-3-9)13-15-12(18-17-13)8-11-6-7-14-16-11/h2-7H,8H2,1H3,(H,14,16). The molecule has 0 atom stereocenters. The van der Waals surface area contributed by atoms with Crippen LogP contribution in [-0.2, 0) is 6.42 Å². The van der Waals surface area contributed by atoms with Gasteiger partial charge in [-0.3, -0.25) is 5.10 Å². The Hall–Kier alpha value is -2.43. The molecule has 1 aromatic carbocycles. The van der Waals surface area contributed by atoms with Crippen LogP contribution in [0.1, 0.15) is 17.1 Å². The quantitative estimate of drug-likeness (QED) is 0.763. The molecule has 0 saturated heterocycles. The summed E-state index contributed by atoms with van der Waals surface area (Å²) in [6.45, 7) is 2.05. The maximum atomic E-state index is 5.21. The number of rotatable bonds is 3. The first-order valence-electron chi connectivity index (χ1n) is 5.69. The predicted octanol–water partition coefficient (Wildman–Crippen LogP) is 2.36. The molecule has 0 spiro atoms. The summed E-state index contributed by atoms with van der Waals surface area (Å²) in [5.41, 5.74) is 3.12. The fourth-order valence-electron chi connectivity index (χ4n) is 1.69. The number of benzene rings is 1. The van der Waals surface area contributed by atoms with Gasteiger partial charge in [0.15, 0.2) is 0 Å². The number of nitrogens with zero attached hydrogens (tertiary/aromatic N) is 3. The SMILES string of the molecule is Cc1ccc(-c2noc(Cc3ccn[nH]3)n2)cc1. The summed E-state index contributed by atoms with van der Waals surface area (Å²) in [7, 11) is 0. The van der Waals surface area contributed by atoms with E-state index in [1.807, 2.05) is 37.3 Å². The van der Waals surface area contributed by atoms with E-state index in [-0.39, 0.29) is 0 Å². The van der Waals surface area contributed by atoms with Gasteiger partial charge in [0.1, 0.15) is 0 Å². The second-order valence-electron chi connectivity index (χ2n) is 4.14. The predicted molar refractivity (Wildman–Crippen MR) is 65.9 cm³/mol. The van der Waals surface area contributed by atoms with Crippen molar-refractivity contribution in [3.8, 4) is 11.4 Å². The molecule has 0 saturated carbocycles. The molecule has 2 heterocycles. The summed E-state index contributed by atoms with van der Waals surface area (Å²) in [5.74, 6) is 1.19. The van der Waals surface area contributed by atoms with Gasteiger partial charge in [0.25, 0.3) is 0 Å². The van der Waals surface area contributed by atoms with Crippen molar-refractivity contribution in [2.45, 2.75) is 13.3 Å². The third-order valence-corrected chi connectivity index (χ3v) is 2.68. The number of hydrogen-bond donors (Lipinski definition) is 1. The lowest BCUT2D eigenvalue weighted by molar-refractivity contribution is 0.385. The van der Waals surface area contributed by atoms with Crippen LogP contribution in [0.15, 0.2) is 41.1 Å². The van der Waals surface area contributed by atoms with Crippen molar-refractivity contribution < 1.29 is 4.52 Å². The first kappa shape index (κ1) is 10.7. The Bertz CT molecular complexity index is 625. The number of aromatic nitrogens is 4. The van der Waals surface area contributed by atoms with Crippen molar-refractivity contribution in [1.29, 1.82) is 0 Å². The van der Waals surface area contributed by atoms with E-state index in [4.69, 9.17) is 4.52 Å². The van der Waals surface area contributed by atoms with E-state index in [1.54, 1.807) is 6.20 Å². The normalized spacial score (nSPS) is 10.7. The lowest BCUT2D eigenvalue weighted by atomic mass is 10.1. The van der Waals surface area contributed by atoms with Crippen LogP contribution in [0.5, 0.6) is 0 Å². The van der Waals surface area contributed by atoms with E-state index in [9.17, 15) is 0 Å². The number of nitrogens with one attached hydrogen (secondary N) is 1. The van der Waals surface area contributed by atoms with Gasteiger partial charge in [-0.25, -0.2) is 0 Å². The molecule has 0 amide bonds. The van der Waals surface area contributed by atoms with Gasteiger partial charge in [-0.05, 0) is 13.0 Å². The average molecular weight is 240 g/mol. The Kier molecular flexibility index (Phi) is 2.64.